The van der Waals surface area contributed by atoms with Gasteiger partial charge in [-0.15, -0.1) is 11.8 Å². The molecule has 18 heavy (non-hydrogen) atoms. The van der Waals surface area contributed by atoms with E-state index >= 15 is 0 Å². The summed E-state index contributed by atoms with van der Waals surface area (Å²) >= 11 is 1.58. The van der Waals surface area contributed by atoms with Crippen molar-refractivity contribution >= 4 is 29.0 Å². The first-order valence-corrected chi connectivity index (χ1v) is 7.00. The van der Waals surface area contributed by atoms with Crippen LogP contribution in [0.1, 0.15) is 13.3 Å². The van der Waals surface area contributed by atoms with Gasteiger partial charge in [-0.2, -0.15) is 0 Å². The number of carbonyl (C=O) groups excluding carboxylic acids is 1. The van der Waals surface area contributed by atoms with Crippen LogP contribution >= 0.6 is 11.8 Å². The minimum Gasteiger partial charge on any atom is -0.385 e. The molecule has 1 unspecified atom stereocenters. The maximum Gasteiger partial charge on any atom is 0.234 e. The number of hydrogen-bond donors (Lipinski definition) is 2. The molecule has 4 nitrogen and oxygen atoms in total. The van der Waals surface area contributed by atoms with Crippen LogP contribution in [0, 0.1) is 0 Å². The number of amides is 1. The molecular weight excluding hydrogens is 248 g/mol. The van der Waals surface area contributed by atoms with Gasteiger partial charge in [0.25, 0.3) is 0 Å². The van der Waals surface area contributed by atoms with E-state index in [0.29, 0.717) is 11.8 Å². The van der Waals surface area contributed by atoms with Crippen LogP contribution in [0.2, 0.25) is 0 Å². The fraction of sp³-hybridized carbons (Fsp3) is 0.462. The average Bonchev–Trinajstić information content (AvgIpc) is 2.36. The van der Waals surface area contributed by atoms with Crippen LogP contribution < -0.4 is 10.6 Å². The summed E-state index contributed by atoms with van der Waals surface area (Å²) in [6.45, 7) is 2.86. The van der Waals surface area contributed by atoms with E-state index in [1.165, 1.54) is 0 Å². The predicted octanol–water partition coefficient (Wildman–Crippen LogP) is 2.57. The predicted molar refractivity (Wildman–Crippen MR) is 75.4 cm³/mol. The summed E-state index contributed by atoms with van der Waals surface area (Å²) in [6, 6.07) is 6.43. The van der Waals surface area contributed by atoms with Gasteiger partial charge in [0.1, 0.15) is 0 Å². The monoisotopic (exact) mass is 266 g/mol. The average molecular weight is 266 g/mol. The minimum absolute atomic E-state index is 0.0667. The molecule has 98 valence electrons. The summed E-state index contributed by atoms with van der Waals surface area (Å²) in [5, 5.41) is 6.29. The lowest BCUT2D eigenvalue weighted by Gasteiger charge is -2.19. The number of fused-ring (bicyclic) bond motifs is 1. The normalized spacial score (nSPS) is 15.8. The molecule has 1 heterocycles. The number of anilines is 2. The minimum atomic E-state index is 0.0667. The number of rotatable bonds is 5. The molecule has 0 spiro atoms. The summed E-state index contributed by atoms with van der Waals surface area (Å²) in [6.07, 6.45) is 0.953. The summed E-state index contributed by atoms with van der Waals surface area (Å²) in [7, 11) is 1.71. The highest BCUT2D eigenvalue weighted by Crippen LogP contribution is 2.33. The Morgan fingerprint density at radius 2 is 2.39 bits per heavy atom. The Morgan fingerprint density at radius 3 is 3.17 bits per heavy atom. The Bertz CT molecular complexity index is 437. The zero-order valence-electron chi connectivity index (χ0n) is 10.7. The molecule has 0 saturated heterocycles. The number of hydrogen-bond acceptors (Lipinski definition) is 4. The van der Waals surface area contributed by atoms with Crippen LogP contribution in [-0.4, -0.2) is 31.4 Å². The van der Waals surface area contributed by atoms with Crippen molar-refractivity contribution in [2.45, 2.75) is 24.3 Å². The van der Waals surface area contributed by atoms with E-state index in [9.17, 15) is 4.79 Å². The highest BCUT2D eigenvalue weighted by molar-refractivity contribution is 8.00. The molecule has 1 aromatic rings. The molecule has 1 atom stereocenters. The fourth-order valence-corrected chi connectivity index (χ4v) is 2.61. The first-order chi connectivity index (χ1) is 8.69. The lowest BCUT2D eigenvalue weighted by molar-refractivity contribution is -0.113. The van der Waals surface area contributed by atoms with Gasteiger partial charge >= 0.3 is 0 Å². The highest BCUT2D eigenvalue weighted by atomic mass is 32.2. The van der Waals surface area contributed by atoms with E-state index in [4.69, 9.17) is 4.74 Å². The number of ether oxygens (including phenoxy) is 1. The van der Waals surface area contributed by atoms with Crippen LogP contribution in [0.3, 0.4) is 0 Å². The SMILES string of the molecule is COCCC(C)Nc1ccc2c(c1)NC(=O)CS2. The van der Waals surface area contributed by atoms with Crippen LogP contribution in [0.5, 0.6) is 0 Å². The maximum absolute atomic E-state index is 11.3. The summed E-state index contributed by atoms with van der Waals surface area (Å²) in [4.78, 5) is 12.5. The number of benzene rings is 1. The molecule has 1 aliphatic rings. The van der Waals surface area contributed by atoms with Gasteiger partial charge < -0.3 is 15.4 Å². The second-order valence-electron chi connectivity index (χ2n) is 4.37. The van der Waals surface area contributed by atoms with Crippen molar-refractivity contribution in [1.82, 2.24) is 0 Å². The van der Waals surface area contributed by atoms with Gasteiger partial charge in [0.05, 0.1) is 11.4 Å². The van der Waals surface area contributed by atoms with Crippen molar-refractivity contribution in [3.05, 3.63) is 18.2 Å². The van der Waals surface area contributed by atoms with Crippen molar-refractivity contribution in [3.8, 4) is 0 Å². The third kappa shape index (κ3) is 3.40. The third-order valence-electron chi connectivity index (χ3n) is 2.78. The van der Waals surface area contributed by atoms with Crippen LogP contribution in [0.15, 0.2) is 23.1 Å². The van der Waals surface area contributed by atoms with Crippen molar-refractivity contribution in [1.29, 1.82) is 0 Å². The van der Waals surface area contributed by atoms with Gasteiger partial charge in [0, 0.05) is 30.3 Å². The Balaban J connectivity index is 2.02. The quantitative estimate of drug-likeness (QED) is 0.860. The third-order valence-corrected chi connectivity index (χ3v) is 3.85. The number of methoxy groups -OCH3 is 1. The Hall–Kier alpha value is -1.20. The molecule has 0 aliphatic carbocycles. The van der Waals surface area contributed by atoms with Gasteiger partial charge in [0.15, 0.2) is 0 Å². The van der Waals surface area contributed by atoms with Gasteiger partial charge in [-0.25, -0.2) is 0 Å². The lowest BCUT2D eigenvalue weighted by atomic mass is 10.2. The molecule has 0 bridgehead atoms. The van der Waals surface area contributed by atoms with Gasteiger partial charge in [-0.1, -0.05) is 0 Å². The molecule has 0 radical (unpaired) electrons. The van der Waals surface area contributed by atoms with Crippen LogP contribution in [0.4, 0.5) is 11.4 Å². The molecule has 0 fully saturated rings. The molecule has 1 aliphatic heterocycles. The maximum atomic E-state index is 11.3. The number of carbonyl (C=O) groups is 1. The fourth-order valence-electron chi connectivity index (χ4n) is 1.82. The standard InChI is InChI=1S/C13H18N2O2S/c1-9(5-6-17-2)14-10-3-4-12-11(7-10)15-13(16)8-18-12/h3-4,7,9,14H,5-6,8H2,1-2H3,(H,15,16). The lowest BCUT2D eigenvalue weighted by Crippen LogP contribution is -2.20. The van der Waals surface area contributed by atoms with Crippen LogP contribution in [-0.2, 0) is 9.53 Å². The van der Waals surface area contributed by atoms with E-state index < -0.39 is 0 Å². The highest BCUT2D eigenvalue weighted by Gasteiger charge is 2.15. The summed E-state index contributed by atoms with van der Waals surface area (Å²) < 4.78 is 5.05. The first-order valence-electron chi connectivity index (χ1n) is 6.01. The van der Waals surface area contributed by atoms with Crippen molar-refractivity contribution in [2.75, 3.05) is 30.1 Å². The van der Waals surface area contributed by atoms with Crippen LogP contribution in [0.25, 0.3) is 0 Å². The molecule has 0 saturated carbocycles. The molecule has 2 rings (SSSR count). The Morgan fingerprint density at radius 1 is 1.56 bits per heavy atom. The number of thioether (sulfide) groups is 1. The zero-order valence-corrected chi connectivity index (χ0v) is 11.5. The first kappa shape index (κ1) is 13.2. The molecule has 1 amide bonds. The van der Waals surface area contributed by atoms with Crippen molar-refractivity contribution in [3.63, 3.8) is 0 Å². The second kappa shape index (κ2) is 6.11. The summed E-state index contributed by atoms with van der Waals surface area (Å²) in [5.41, 5.74) is 1.93. The van der Waals surface area contributed by atoms with Gasteiger partial charge in [0.2, 0.25) is 5.91 Å². The number of nitrogens with one attached hydrogen (secondary N) is 2. The summed E-state index contributed by atoms with van der Waals surface area (Å²) in [5.74, 6) is 0.571. The van der Waals surface area contributed by atoms with E-state index in [1.54, 1.807) is 18.9 Å². The van der Waals surface area contributed by atoms with E-state index in [1.807, 2.05) is 18.2 Å². The Kier molecular flexibility index (Phi) is 4.49. The largest absolute Gasteiger partial charge is 0.385 e. The van der Waals surface area contributed by atoms with E-state index in [0.717, 1.165) is 29.3 Å². The smallest absolute Gasteiger partial charge is 0.234 e. The molecule has 0 aromatic heterocycles. The van der Waals surface area contributed by atoms with Gasteiger partial charge in [-0.3, -0.25) is 4.79 Å². The molecule has 5 heteroatoms. The van der Waals surface area contributed by atoms with E-state index in [-0.39, 0.29) is 5.91 Å². The zero-order chi connectivity index (χ0) is 13.0. The second-order valence-corrected chi connectivity index (χ2v) is 5.39. The molecule has 1 aromatic carbocycles. The van der Waals surface area contributed by atoms with Crippen molar-refractivity contribution < 1.29 is 9.53 Å². The molecule has 2 N–H and O–H groups in total. The van der Waals surface area contributed by atoms with Crippen molar-refractivity contribution in [2.24, 2.45) is 0 Å². The van der Waals surface area contributed by atoms with Gasteiger partial charge in [-0.05, 0) is 31.5 Å². The topological polar surface area (TPSA) is 50.4 Å². The van der Waals surface area contributed by atoms with E-state index in [2.05, 4.69) is 17.6 Å². The molecular formula is C13H18N2O2S. The Labute approximate surface area is 111 Å².